The molecule has 50 heavy (non-hydrogen) atoms. The molecule has 5 heterocycles. The number of hydrogen-bond donors (Lipinski definition) is 2. The van der Waals surface area contributed by atoms with Gasteiger partial charge in [-0.3, -0.25) is 23.6 Å². The minimum absolute atomic E-state index is 0.0855. The number of fused-ring (bicyclic) bond motifs is 2. The third kappa shape index (κ3) is 4.99. The van der Waals surface area contributed by atoms with Crippen LogP contribution in [0.4, 0.5) is 11.5 Å². The van der Waals surface area contributed by atoms with E-state index in [9.17, 15) is 14.4 Å². The van der Waals surface area contributed by atoms with Gasteiger partial charge in [-0.25, -0.2) is 19.7 Å². The summed E-state index contributed by atoms with van der Waals surface area (Å²) in [5, 5.41) is 7.33. The van der Waals surface area contributed by atoms with E-state index in [2.05, 4.69) is 31.6 Å². The third-order valence-corrected chi connectivity index (χ3v) is 11.0. The van der Waals surface area contributed by atoms with E-state index in [0.717, 1.165) is 76.1 Å². The fraction of sp³-hybridized carbons (Fsp3) is 0.351. The smallest absolute Gasteiger partial charge is 0.332 e. The van der Waals surface area contributed by atoms with Gasteiger partial charge in [-0.05, 0) is 61.9 Å². The van der Waals surface area contributed by atoms with Gasteiger partial charge in [0.05, 0.1) is 23.4 Å². The van der Waals surface area contributed by atoms with Crippen LogP contribution in [0.5, 0.6) is 5.88 Å². The Morgan fingerprint density at radius 2 is 1.70 bits per heavy atom. The van der Waals surface area contributed by atoms with Crippen LogP contribution < -0.4 is 26.6 Å². The molecular formula is C37H37ClN8O4. The van der Waals surface area contributed by atoms with E-state index in [-0.39, 0.29) is 28.5 Å². The van der Waals surface area contributed by atoms with Crippen LogP contribution in [0.3, 0.4) is 0 Å². The number of nitrogens with one attached hydrogen (secondary N) is 2. The lowest BCUT2D eigenvalue weighted by Gasteiger charge is -2.50. The Balaban J connectivity index is 1.13. The van der Waals surface area contributed by atoms with Crippen LogP contribution in [0.15, 0.2) is 52.1 Å². The lowest BCUT2D eigenvalue weighted by molar-refractivity contribution is -0.121. The van der Waals surface area contributed by atoms with Crippen molar-refractivity contribution in [3.8, 4) is 28.3 Å². The predicted molar refractivity (Wildman–Crippen MR) is 192 cm³/mol. The van der Waals surface area contributed by atoms with Crippen molar-refractivity contribution in [2.45, 2.75) is 51.1 Å². The molecule has 3 aromatic heterocycles. The molecule has 2 fully saturated rings. The first kappa shape index (κ1) is 32.2. The molecular weight excluding hydrogens is 656 g/mol. The van der Waals surface area contributed by atoms with E-state index in [1.807, 2.05) is 43.3 Å². The van der Waals surface area contributed by atoms with Gasteiger partial charge < -0.3 is 15.4 Å². The highest BCUT2D eigenvalue weighted by Gasteiger charge is 2.51. The zero-order valence-corrected chi connectivity index (χ0v) is 29.3. The highest BCUT2D eigenvalue weighted by Crippen LogP contribution is 2.47. The van der Waals surface area contributed by atoms with Crippen molar-refractivity contribution < 1.29 is 9.53 Å². The second-order valence-electron chi connectivity index (χ2n) is 13.7. The van der Waals surface area contributed by atoms with Crippen molar-refractivity contribution in [2.24, 2.45) is 14.1 Å². The second-order valence-corrected chi connectivity index (χ2v) is 14.0. The van der Waals surface area contributed by atoms with Gasteiger partial charge in [-0.1, -0.05) is 41.9 Å². The van der Waals surface area contributed by atoms with Crippen molar-refractivity contribution in [1.29, 1.82) is 0 Å². The topological polar surface area (TPSA) is 136 Å². The molecule has 2 aromatic carbocycles. The molecule has 2 N–H and O–H groups in total. The number of methoxy groups -OCH3 is 1. The molecule has 1 aliphatic carbocycles. The predicted octanol–water partition coefficient (Wildman–Crippen LogP) is 4.73. The summed E-state index contributed by atoms with van der Waals surface area (Å²) in [4.78, 5) is 54.1. The van der Waals surface area contributed by atoms with Gasteiger partial charge >= 0.3 is 5.69 Å². The largest absolute Gasteiger partial charge is 0.481 e. The van der Waals surface area contributed by atoms with E-state index < -0.39 is 11.2 Å². The summed E-state index contributed by atoms with van der Waals surface area (Å²) >= 11 is 7.23. The Morgan fingerprint density at radius 3 is 2.44 bits per heavy atom. The summed E-state index contributed by atoms with van der Waals surface area (Å²) in [6.45, 7) is 5.40. The Morgan fingerprint density at radius 1 is 0.960 bits per heavy atom. The van der Waals surface area contributed by atoms with E-state index in [1.54, 1.807) is 21.1 Å². The molecule has 1 amide bonds. The van der Waals surface area contributed by atoms with Crippen molar-refractivity contribution >= 4 is 40.0 Å². The van der Waals surface area contributed by atoms with Crippen LogP contribution >= 0.6 is 11.6 Å². The number of amides is 1. The minimum Gasteiger partial charge on any atom is -0.481 e. The van der Waals surface area contributed by atoms with Crippen LogP contribution in [-0.2, 0) is 25.3 Å². The number of ether oxygens (including phenoxy) is 1. The molecule has 13 heteroatoms. The first-order valence-corrected chi connectivity index (χ1v) is 17.1. The number of benzene rings is 2. The summed E-state index contributed by atoms with van der Waals surface area (Å²) in [6, 6.07) is 14.1. The summed E-state index contributed by atoms with van der Waals surface area (Å²) < 4.78 is 8.31. The second kappa shape index (κ2) is 11.8. The molecule has 1 spiro atoms. The maximum atomic E-state index is 13.2. The summed E-state index contributed by atoms with van der Waals surface area (Å²) in [5.74, 6) is 1.50. The van der Waals surface area contributed by atoms with Crippen LogP contribution in [0.1, 0.15) is 47.8 Å². The molecule has 5 aromatic rings. The highest BCUT2D eigenvalue weighted by atomic mass is 35.5. The summed E-state index contributed by atoms with van der Waals surface area (Å²) in [5.41, 5.74) is 6.46. The van der Waals surface area contributed by atoms with Gasteiger partial charge in [0.1, 0.15) is 17.0 Å². The molecule has 1 atom stereocenters. The van der Waals surface area contributed by atoms with Gasteiger partial charge in [0.15, 0.2) is 5.65 Å². The number of halogens is 1. The maximum Gasteiger partial charge on any atom is 0.332 e. The molecule has 256 valence electrons. The van der Waals surface area contributed by atoms with Gasteiger partial charge in [0.25, 0.3) is 5.56 Å². The fourth-order valence-electron chi connectivity index (χ4n) is 7.99. The van der Waals surface area contributed by atoms with Crippen LogP contribution in [0.25, 0.3) is 33.4 Å². The SMILES string of the molecule is COc1nc(-c2cccc(-c3cccc(Nc4nc(C)nc5c4c(=O)n(C)c(=O)n5C)c3C)c2Cl)cc2c1[C@@H](N1CC3(CCC(=O)N3)C1)CC2. The molecule has 2 saturated heterocycles. The molecule has 2 aliphatic heterocycles. The normalized spacial score (nSPS) is 18.0. The number of aryl methyl sites for hydroxylation is 3. The Hall–Kier alpha value is -5.07. The van der Waals surface area contributed by atoms with E-state index in [1.165, 1.54) is 17.2 Å². The van der Waals surface area contributed by atoms with Gasteiger partial charge in [0.2, 0.25) is 11.8 Å². The Kier molecular flexibility index (Phi) is 7.57. The maximum absolute atomic E-state index is 13.2. The standard InChI is InChI=1S/C37H37ClN8O4/c1-19-22(8-7-11-25(19)41-32-30-33(40-20(2)39-32)44(3)36(49)45(4)35(30)48)23-9-6-10-24(31(23)38)26-16-21-12-13-27(29(21)34(42-26)50-5)46-17-37(18-46)15-14-28(47)43-37/h6-11,16,27H,12-15,17-18H2,1-5H3,(H,43,47)(H,39,40,41)/t27-/m0/s1. The molecule has 0 radical (unpaired) electrons. The number of aromatic nitrogens is 5. The van der Waals surface area contributed by atoms with Crippen LogP contribution in [-0.4, -0.2) is 60.6 Å². The number of anilines is 2. The zero-order chi connectivity index (χ0) is 35.1. The number of pyridine rings is 1. The summed E-state index contributed by atoms with van der Waals surface area (Å²) in [7, 11) is 4.69. The molecule has 0 bridgehead atoms. The summed E-state index contributed by atoms with van der Waals surface area (Å²) in [6.07, 6.45) is 3.37. The molecule has 8 rings (SSSR count). The third-order valence-electron chi connectivity index (χ3n) is 10.6. The lowest BCUT2D eigenvalue weighted by atomic mass is 9.86. The van der Waals surface area contributed by atoms with Gasteiger partial charge in [0, 0.05) is 62.0 Å². The van der Waals surface area contributed by atoms with E-state index >= 15 is 0 Å². The number of likely N-dealkylation sites (tertiary alicyclic amines) is 1. The first-order valence-electron chi connectivity index (χ1n) is 16.7. The van der Waals surface area contributed by atoms with Crippen molar-refractivity contribution in [1.82, 2.24) is 34.3 Å². The first-order chi connectivity index (χ1) is 24.0. The van der Waals surface area contributed by atoms with Crippen molar-refractivity contribution in [3.05, 3.63) is 90.8 Å². The number of carbonyl (C=O) groups is 1. The van der Waals surface area contributed by atoms with Gasteiger partial charge in [-0.15, -0.1) is 0 Å². The zero-order valence-electron chi connectivity index (χ0n) is 28.6. The number of hydrogen-bond acceptors (Lipinski definition) is 9. The molecule has 12 nitrogen and oxygen atoms in total. The van der Waals surface area contributed by atoms with E-state index in [0.29, 0.717) is 29.0 Å². The molecule has 0 unspecified atom stereocenters. The highest BCUT2D eigenvalue weighted by molar-refractivity contribution is 6.36. The van der Waals surface area contributed by atoms with Gasteiger partial charge in [-0.2, -0.15) is 0 Å². The number of carbonyl (C=O) groups excluding carboxylic acids is 1. The van der Waals surface area contributed by atoms with Crippen LogP contribution in [0.2, 0.25) is 5.02 Å². The Bertz CT molecular complexity index is 2380. The minimum atomic E-state index is -0.477. The van der Waals surface area contributed by atoms with E-state index in [4.69, 9.17) is 21.3 Å². The average Bonchev–Trinajstić information content (AvgIpc) is 3.70. The average molecular weight is 693 g/mol. The fourth-order valence-corrected chi connectivity index (χ4v) is 8.31. The molecule has 0 saturated carbocycles. The number of nitrogens with zero attached hydrogens (tertiary/aromatic N) is 6. The molecule has 3 aliphatic rings. The van der Waals surface area contributed by atoms with Crippen molar-refractivity contribution in [2.75, 3.05) is 25.5 Å². The van der Waals surface area contributed by atoms with Crippen LogP contribution in [0, 0.1) is 13.8 Å². The Labute approximate surface area is 293 Å². The monoisotopic (exact) mass is 692 g/mol. The van der Waals surface area contributed by atoms with Crippen molar-refractivity contribution in [3.63, 3.8) is 0 Å². The lowest BCUT2D eigenvalue weighted by Crippen LogP contribution is -2.67. The number of rotatable bonds is 6. The quantitative estimate of drug-likeness (QED) is 0.259.